The van der Waals surface area contributed by atoms with Crippen LogP contribution in [0, 0.1) is 5.92 Å². The van der Waals surface area contributed by atoms with Crippen LogP contribution in [-0.4, -0.2) is 54.1 Å². The normalized spacial score (nSPS) is 16.9. The van der Waals surface area contributed by atoms with E-state index in [0.717, 1.165) is 45.9 Å². The first-order valence-corrected chi connectivity index (χ1v) is 7.76. The molecule has 2 heterocycles. The van der Waals surface area contributed by atoms with Gasteiger partial charge in [-0.2, -0.15) is 5.10 Å². The summed E-state index contributed by atoms with van der Waals surface area (Å²) < 4.78 is 7.39. The highest BCUT2D eigenvalue weighted by molar-refractivity contribution is 5.03. The van der Waals surface area contributed by atoms with Gasteiger partial charge in [-0.3, -0.25) is 9.58 Å². The van der Waals surface area contributed by atoms with Crippen molar-refractivity contribution in [3.05, 3.63) is 18.0 Å². The van der Waals surface area contributed by atoms with Crippen LogP contribution in [-0.2, 0) is 17.8 Å². The Bertz CT molecular complexity index is 372. The highest BCUT2D eigenvalue weighted by Gasteiger charge is 2.08. The van der Waals surface area contributed by atoms with Crippen LogP contribution in [0.3, 0.4) is 0 Å². The number of morpholine rings is 1. The summed E-state index contributed by atoms with van der Waals surface area (Å²) in [5.74, 6) is 0.643. The molecule has 20 heavy (non-hydrogen) atoms. The standard InChI is InChI=1S/C15H28N4O/c1-14(2)12-19-13-15(11-17-19)10-16-4-3-5-18-6-8-20-9-7-18/h11,13-14,16H,3-10,12H2,1-2H3. The highest BCUT2D eigenvalue weighted by Crippen LogP contribution is 2.02. The third-order valence-corrected chi connectivity index (χ3v) is 3.50. The van der Waals surface area contributed by atoms with Crippen molar-refractivity contribution < 1.29 is 4.74 Å². The SMILES string of the molecule is CC(C)Cn1cc(CNCCCN2CCOCC2)cn1. The van der Waals surface area contributed by atoms with E-state index >= 15 is 0 Å². The van der Waals surface area contributed by atoms with Gasteiger partial charge in [0.1, 0.15) is 0 Å². The van der Waals surface area contributed by atoms with E-state index in [-0.39, 0.29) is 0 Å². The molecule has 0 aromatic carbocycles. The molecule has 5 nitrogen and oxygen atoms in total. The Morgan fingerprint density at radius 2 is 2.15 bits per heavy atom. The zero-order valence-electron chi connectivity index (χ0n) is 12.8. The maximum Gasteiger partial charge on any atom is 0.0594 e. The summed E-state index contributed by atoms with van der Waals surface area (Å²) in [6, 6.07) is 0. The molecule has 1 aromatic heterocycles. The molecule has 114 valence electrons. The van der Waals surface area contributed by atoms with Gasteiger partial charge in [-0.1, -0.05) is 13.8 Å². The summed E-state index contributed by atoms with van der Waals surface area (Å²) in [5, 5.41) is 7.88. The van der Waals surface area contributed by atoms with E-state index in [4.69, 9.17) is 4.74 Å². The first kappa shape index (κ1) is 15.5. The first-order valence-electron chi connectivity index (χ1n) is 7.76. The Morgan fingerprint density at radius 1 is 1.35 bits per heavy atom. The molecule has 0 unspecified atom stereocenters. The lowest BCUT2D eigenvalue weighted by Crippen LogP contribution is -2.37. The van der Waals surface area contributed by atoms with Crippen LogP contribution in [0.25, 0.3) is 0 Å². The molecule has 1 N–H and O–H groups in total. The van der Waals surface area contributed by atoms with E-state index in [1.54, 1.807) is 0 Å². The monoisotopic (exact) mass is 280 g/mol. The Morgan fingerprint density at radius 3 is 2.90 bits per heavy atom. The molecule has 0 aliphatic carbocycles. The lowest BCUT2D eigenvalue weighted by Gasteiger charge is -2.26. The van der Waals surface area contributed by atoms with Crippen molar-refractivity contribution in [3.8, 4) is 0 Å². The Balaban J connectivity index is 1.55. The van der Waals surface area contributed by atoms with Crippen LogP contribution in [0.5, 0.6) is 0 Å². The van der Waals surface area contributed by atoms with Gasteiger partial charge in [-0.25, -0.2) is 0 Å². The van der Waals surface area contributed by atoms with Gasteiger partial charge in [0.05, 0.1) is 19.4 Å². The molecule has 0 amide bonds. The third-order valence-electron chi connectivity index (χ3n) is 3.50. The quantitative estimate of drug-likeness (QED) is 0.730. The molecule has 1 aliphatic rings. The van der Waals surface area contributed by atoms with E-state index in [1.165, 1.54) is 18.5 Å². The summed E-state index contributed by atoms with van der Waals surface area (Å²) in [4.78, 5) is 2.48. The minimum absolute atomic E-state index is 0.643. The van der Waals surface area contributed by atoms with E-state index < -0.39 is 0 Å². The van der Waals surface area contributed by atoms with E-state index in [0.29, 0.717) is 5.92 Å². The smallest absolute Gasteiger partial charge is 0.0594 e. The molecule has 1 aliphatic heterocycles. The number of hydrogen-bond donors (Lipinski definition) is 1. The minimum atomic E-state index is 0.643. The van der Waals surface area contributed by atoms with Crippen LogP contribution < -0.4 is 5.32 Å². The van der Waals surface area contributed by atoms with E-state index in [2.05, 4.69) is 35.4 Å². The second-order valence-electron chi connectivity index (χ2n) is 5.95. The zero-order chi connectivity index (χ0) is 14.2. The van der Waals surface area contributed by atoms with Gasteiger partial charge in [-0.15, -0.1) is 0 Å². The van der Waals surface area contributed by atoms with E-state index in [1.807, 2.05) is 10.9 Å². The molecule has 1 aromatic rings. The van der Waals surface area contributed by atoms with Gasteiger partial charge in [-0.05, 0) is 25.4 Å². The van der Waals surface area contributed by atoms with Gasteiger partial charge >= 0.3 is 0 Å². The zero-order valence-corrected chi connectivity index (χ0v) is 12.8. The van der Waals surface area contributed by atoms with Gasteiger partial charge in [0.15, 0.2) is 0 Å². The highest BCUT2D eigenvalue weighted by atomic mass is 16.5. The molecule has 0 saturated carbocycles. The van der Waals surface area contributed by atoms with Crippen molar-refractivity contribution >= 4 is 0 Å². The number of nitrogens with zero attached hydrogens (tertiary/aromatic N) is 3. The molecule has 1 fully saturated rings. The van der Waals surface area contributed by atoms with Crippen molar-refractivity contribution in [1.29, 1.82) is 0 Å². The number of nitrogens with one attached hydrogen (secondary N) is 1. The number of rotatable bonds is 8. The molecule has 0 radical (unpaired) electrons. The molecule has 0 bridgehead atoms. The summed E-state index contributed by atoms with van der Waals surface area (Å²) in [6.07, 6.45) is 5.31. The molecule has 0 spiro atoms. The second kappa shape index (κ2) is 8.39. The lowest BCUT2D eigenvalue weighted by atomic mass is 10.2. The average Bonchev–Trinajstić information content (AvgIpc) is 2.86. The Labute approximate surface area is 122 Å². The maximum atomic E-state index is 5.35. The molecule has 2 rings (SSSR count). The third kappa shape index (κ3) is 5.61. The van der Waals surface area contributed by atoms with Crippen molar-refractivity contribution in [3.63, 3.8) is 0 Å². The maximum absolute atomic E-state index is 5.35. The number of hydrogen-bond acceptors (Lipinski definition) is 4. The van der Waals surface area contributed by atoms with Crippen LogP contribution in [0.15, 0.2) is 12.4 Å². The summed E-state index contributed by atoms with van der Waals surface area (Å²) in [6.45, 7) is 12.5. The Hall–Kier alpha value is -0.910. The fraction of sp³-hybridized carbons (Fsp3) is 0.800. The van der Waals surface area contributed by atoms with Crippen LogP contribution in [0.2, 0.25) is 0 Å². The summed E-state index contributed by atoms with van der Waals surface area (Å²) in [7, 11) is 0. The van der Waals surface area contributed by atoms with Crippen LogP contribution in [0.1, 0.15) is 25.8 Å². The Kier molecular flexibility index (Phi) is 6.50. The molecule has 5 heteroatoms. The molecule has 1 saturated heterocycles. The number of aromatic nitrogens is 2. The van der Waals surface area contributed by atoms with Crippen molar-refractivity contribution in [1.82, 2.24) is 20.0 Å². The molecular weight excluding hydrogens is 252 g/mol. The summed E-state index contributed by atoms with van der Waals surface area (Å²) in [5.41, 5.74) is 1.28. The van der Waals surface area contributed by atoms with Gasteiger partial charge in [0, 0.05) is 37.9 Å². The van der Waals surface area contributed by atoms with Gasteiger partial charge < -0.3 is 10.1 Å². The van der Waals surface area contributed by atoms with Gasteiger partial charge in [0.25, 0.3) is 0 Å². The summed E-state index contributed by atoms with van der Waals surface area (Å²) >= 11 is 0. The molecular formula is C15H28N4O. The van der Waals surface area contributed by atoms with Crippen molar-refractivity contribution in [2.24, 2.45) is 5.92 Å². The lowest BCUT2D eigenvalue weighted by molar-refractivity contribution is 0.0374. The minimum Gasteiger partial charge on any atom is -0.379 e. The fourth-order valence-electron chi connectivity index (χ4n) is 2.46. The average molecular weight is 280 g/mol. The van der Waals surface area contributed by atoms with Crippen molar-refractivity contribution in [2.45, 2.75) is 33.4 Å². The number of ether oxygens (including phenoxy) is 1. The largest absolute Gasteiger partial charge is 0.379 e. The predicted octanol–water partition coefficient (Wildman–Crippen LogP) is 1.35. The predicted molar refractivity (Wildman–Crippen MR) is 80.6 cm³/mol. The second-order valence-corrected chi connectivity index (χ2v) is 5.95. The fourth-order valence-corrected chi connectivity index (χ4v) is 2.46. The van der Waals surface area contributed by atoms with Crippen LogP contribution in [0.4, 0.5) is 0 Å². The van der Waals surface area contributed by atoms with Crippen molar-refractivity contribution in [2.75, 3.05) is 39.4 Å². The topological polar surface area (TPSA) is 42.3 Å². The molecule has 0 atom stereocenters. The first-order chi connectivity index (χ1) is 9.74. The van der Waals surface area contributed by atoms with Gasteiger partial charge in [0.2, 0.25) is 0 Å². The van der Waals surface area contributed by atoms with E-state index in [9.17, 15) is 0 Å². The van der Waals surface area contributed by atoms with Crippen LogP contribution >= 0.6 is 0 Å².